The first kappa shape index (κ1) is 43.5. The normalized spacial score (nSPS) is 12.5. The van der Waals surface area contributed by atoms with E-state index in [1.165, 1.54) is 12.1 Å². The summed E-state index contributed by atoms with van der Waals surface area (Å²) < 4.78 is 13.1. The standard InChI is InChI=1S/C45H54N6O6S/c1-6-46-44(55)49-50(5)30-41(53)47-38(42(54)51(32(4)43(56-7-2)57-8-3)29-33-31-58-39-27-19-18-26-37(33)39)28-40(52)48-45(34-20-12-9-13-21-34,35-22-14-10-15-23-35)36-24-16-11-17-25-36/h9-27,31-32,38,43H,6-8,28-30H2,1-5H3,(H,47,53)(H,48,52)(H2,46,49,55)/t32-,38-/m0/s1. The van der Waals surface area contributed by atoms with Gasteiger partial charge in [-0.3, -0.25) is 19.8 Å². The molecule has 13 heteroatoms. The molecule has 0 aliphatic carbocycles. The first-order valence-electron chi connectivity index (χ1n) is 19.6. The zero-order valence-electron chi connectivity index (χ0n) is 33.8. The van der Waals surface area contributed by atoms with Gasteiger partial charge in [-0.25, -0.2) is 9.80 Å². The smallest absolute Gasteiger partial charge is 0.329 e. The topological polar surface area (TPSA) is 141 Å². The number of carbonyl (C=O) groups is 4. The van der Waals surface area contributed by atoms with Crippen molar-refractivity contribution < 1.29 is 28.7 Å². The molecule has 5 amide bonds. The van der Waals surface area contributed by atoms with Gasteiger partial charge in [0.05, 0.1) is 19.0 Å². The van der Waals surface area contributed by atoms with Gasteiger partial charge in [-0.1, -0.05) is 109 Å². The molecular formula is C45H54N6O6S. The molecule has 0 bridgehead atoms. The molecule has 58 heavy (non-hydrogen) atoms. The first-order chi connectivity index (χ1) is 28.1. The molecule has 2 atom stereocenters. The van der Waals surface area contributed by atoms with Gasteiger partial charge in [0.15, 0.2) is 6.29 Å². The van der Waals surface area contributed by atoms with Crippen LogP contribution in [0, 0.1) is 0 Å². The molecule has 0 radical (unpaired) electrons. The van der Waals surface area contributed by atoms with E-state index in [1.807, 2.05) is 141 Å². The fourth-order valence-electron chi connectivity index (χ4n) is 7.06. The molecule has 0 unspecified atom stereocenters. The third-order valence-electron chi connectivity index (χ3n) is 9.71. The van der Waals surface area contributed by atoms with Crippen LogP contribution in [0.2, 0.25) is 0 Å². The number of fused-ring (bicyclic) bond motifs is 1. The van der Waals surface area contributed by atoms with Gasteiger partial charge in [-0.15, -0.1) is 11.3 Å². The molecule has 306 valence electrons. The number of hydrogen-bond acceptors (Lipinski definition) is 8. The van der Waals surface area contributed by atoms with E-state index in [1.54, 1.807) is 23.2 Å². The zero-order valence-corrected chi connectivity index (χ0v) is 34.6. The van der Waals surface area contributed by atoms with Crippen molar-refractivity contribution in [3.05, 3.63) is 143 Å². The highest BCUT2D eigenvalue weighted by atomic mass is 32.1. The third-order valence-corrected chi connectivity index (χ3v) is 10.7. The number of urea groups is 1. The van der Waals surface area contributed by atoms with Crippen molar-refractivity contribution in [2.75, 3.05) is 33.4 Å². The van der Waals surface area contributed by atoms with Crippen molar-refractivity contribution in [2.24, 2.45) is 0 Å². The Bertz CT molecular complexity index is 1980. The highest BCUT2D eigenvalue weighted by molar-refractivity contribution is 7.17. The number of hydrogen-bond donors (Lipinski definition) is 4. The summed E-state index contributed by atoms with van der Waals surface area (Å²) in [6, 6.07) is 34.5. The maximum atomic E-state index is 15.2. The summed E-state index contributed by atoms with van der Waals surface area (Å²) in [7, 11) is 1.54. The maximum Gasteiger partial charge on any atom is 0.329 e. The van der Waals surface area contributed by atoms with Crippen LogP contribution >= 0.6 is 11.3 Å². The summed E-state index contributed by atoms with van der Waals surface area (Å²) in [5.41, 5.74) is 4.75. The SMILES string of the molecule is CCNC(=O)NN(C)CC(=O)N[C@@H](CC(=O)NC(c1ccccc1)(c1ccccc1)c1ccccc1)C(=O)N(Cc1csc2ccccc12)[C@@H](C)C(OCC)OCC. The summed E-state index contributed by atoms with van der Waals surface area (Å²) in [6.07, 6.45) is -1.20. The Hall–Kier alpha value is -5.60. The van der Waals surface area contributed by atoms with Crippen molar-refractivity contribution in [1.82, 2.24) is 31.3 Å². The first-order valence-corrected chi connectivity index (χ1v) is 20.5. The van der Waals surface area contributed by atoms with Crippen LogP contribution in [-0.2, 0) is 35.9 Å². The molecule has 0 spiro atoms. The van der Waals surface area contributed by atoms with E-state index in [9.17, 15) is 14.4 Å². The number of carbonyl (C=O) groups excluding carboxylic acids is 4. The quantitative estimate of drug-likeness (QED) is 0.0419. The molecular weight excluding hydrogens is 753 g/mol. The fourth-order valence-corrected chi connectivity index (χ4v) is 8.01. The largest absolute Gasteiger partial charge is 0.351 e. The molecule has 0 aliphatic rings. The summed E-state index contributed by atoms with van der Waals surface area (Å²) in [4.78, 5) is 57.6. The Labute approximate surface area is 344 Å². The van der Waals surface area contributed by atoms with Crippen LogP contribution in [0.5, 0.6) is 0 Å². The number of thiophene rings is 1. The second-order valence-corrected chi connectivity index (χ2v) is 14.7. The molecule has 0 saturated heterocycles. The van der Waals surface area contributed by atoms with Crippen LogP contribution in [0.25, 0.3) is 10.1 Å². The second kappa shape index (κ2) is 21.2. The third kappa shape index (κ3) is 10.9. The zero-order chi connectivity index (χ0) is 41.5. The van der Waals surface area contributed by atoms with Gasteiger partial charge in [0.2, 0.25) is 17.7 Å². The summed E-state index contributed by atoms with van der Waals surface area (Å²) >= 11 is 1.57. The number of hydrazine groups is 1. The van der Waals surface area contributed by atoms with Crippen molar-refractivity contribution >= 4 is 45.2 Å². The van der Waals surface area contributed by atoms with Gasteiger partial charge in [0, 0.05) is 38.1 Å². The molecule has 4 aromatic carbocycles. The average Bonchev–Trinajstić information content (AvgIpc) is 3.64. The number of nitrogens with zero attached hydrogens (tertiary/aromatic N) is 2. The Morgan fingerprint density at radius 3 is 1.81 bits per heavy atom. The lowest BCUT2D eigenvalue weighted by Gasteiger charge is -2.38. The monoisotopic (exact) mass is 806 g/mol. The number of nitrogens with one attached hydrogen (secondary N) is 4. The number of amides is 5. The Balaban J connectivity index is 1.56. The summed E-state index contributed by atoms with van der Waals surface area (Å²) in [6.45, 7) is 8.28. The number of likely N-dealkylation sites (N-methyl/N-ethyl adjacent to an activating group) is 1. The van der Waals surface area contributed by atoms with E-state index in [2.05, 4.69) is 21.4 Å². The Kier molecular flexibility index (Phi) is 15.9. The molecule has 4 N–H and O–H groups in total. The van der Waals surface area contributed by atoms with Gasteiger partial charge in [-0.2, -0.15) is 0 Å². The molecule has 0 aliphatic heterocycles. The van der Waals surface area contributed by atoms with Gasteiger partial charge < -0.3 is 30.3 Å². The molecule has 1 aromatic heterocycles. The lowest BCUT2D eigenvalue weighted by molar-refractivity contribution is -0.180. The molecule has 12 nitrogen and oxygen atoms in total. The van der Waals surface area contributed by atoms with Crippen molar-refractivity contribution in [3.8, 4) is 0 Å². The predicted octanol–water partition coefficient (Wildman–Crippen LogP) is 6.17. The Morgan fingerprint density at radius 2 is 1.28 bits per heavy atom. The van der Waals surface area contributed by atoms with E-state index >= 15 is 4.79 Å². The minimum Gasteiger partial charge on any atom is -0.351 e. The van der Waals surface area contributed by atoms with Gasteiger partial charge in [0.1, 0.15) is 11.6 Å². The van der Waals surface area contributed by atoms with Gasteiger partial charge in [-0.05, 0) is 66.8 Å². The minimum absolute atomic E-state index is 0.162. The van der Waals surface area contributed by atoms with E-state index < -0.39 is 54.1 Å². The number of rotatable bonds is 20. The van der Waals surface area contributed by atoms with Crippen LogP contribution in [0.15, 0.2) is 121 Å². The van der Waals surface area contributed by atoms with E-state index in [-0.39, 0.29) is 13.1 Å². The van der Waals surface area contributed by atoms with E-state index in [4.69, 9.17) is 9.47 Å². The molecule has 5 aromatic rings. The van der Waals surface area contributed by atoms with Crippen LogP contribution in [0.3, 0.4) is 0 Å². The van der Waals surface area contributed by atoms with Crippen molar-refractivity contribution in [1.29, 1.82) is 0 Å². The summed E-state index contributed by atoms with van der Waals surface area (Å²) in [5, 5.41) is 13.2. The lowest BCUT2D eigenvalue weighted by Crippen LogP contribution is -2.58. The number of benzene rings is 4. The van der Waals surface area contributed by atoms with Gasteiger partial charge in [0.25, 0.3) is 0 Å². The highest BCUT2D eigenvalue weighted by Crippen LogP contribution is 2.37. The molecule has 0 saturated carbocycles. The van der Waals surface area contributed by atoms with Crippen LogP contribution in [0.1, 0.15) is 56.4 Å². The van der Waals surface area contributed by atoms with Crippen molar-refractivity contribution in [3.63, 3.8) is 0 Å². The van der Waals surface area contributed by atoms with Crippen LogP contribution in [0.4, 0.5) is 4.79 Å². The molecule has 0 fully saturated rings. The average molecular weight is 807 g/mol. The predicted molar refractivity (Wildman–Crippen MR) is 228 cm³/mol. The second-order valence-electron chi connectivity index (χ2n) is 13.8. The van der Waals surface area contributed by atoms with E-state index in [0.29, 0.717) is 19.8 Å². The van der Waals surface area contributed by atoms with E-state index in [0.717, 1.165) is 32.3 Å². The van der Waals surface area contributed by atoms with Gasteiger partial charge >= 0.3 is 6.03 Å². The summed E-state index contributed by atoms with van der Waals surface area (Å²) in [5.74, 6) is -1.56. The molecule has 5 rings (SSSR count). The highest BCUT2D eigenvalue weighted by Gasteiger charge is 2.40. The lowest BCUT2D eigenvalue weighted by atomic mass is 9.77. The fraction of sp³-hybridized carbons (Fsp3) is 0.333. The maximum absolute atomic E-state index is 15.2. The van der Waals surface area contributed by atoms with Crippen molar-refractivity contribution in [2.45, 2.75) is 64.6 Å². The van der Waals surface area contributed by atoms with Crippen LogP contribution in [-0.4, -0.2) is 85.4 Å². The minimum atomic E-state index is -1.33. The molecule has 1 heterocycles. The van der Waals surface area contributed by atoms with Crippen LogP contribution < -0.4 is 21.4 Å². The number of ether oxygens (including phenoxy) is 2. The Morgan fingerprint density at radius 1 is 0.741 bits per heavy atom.